The molecule has 0 spiro atoms. The molecule has 2 aromatic heterocycles. The Morgan fingerprint density at radius 2 is 1.96 bits per heavy atom. The van der Waals surface area contributed by atoms with E-state index in [-0.39, 0.29) is 16.9 Å². The highest BCUT2D eigenvalue weighted by Gasteiger charge is 2.43. The molecule has 1 saturated carbocycles. The fourth-order valence-electron chi connectivity index (χ4n) is 3.41. The third-order valence-electron chi connectivity index (χ3n) is 5.28. The van der Waals surface area contributed by atoms with E-state index < -0.39 is 0 Å². The van der Waals surface area contributed by atoms with Crippen LogP contribution in [0.5, 0.6) is 0 Å². The number of amides is 1. The fourth-order valence-corrected chi connectivity index (χ4v) is 3.41. The molecular weight excluding hydrogens is 354 g/mol. The van der Waals surface area contributed by atoms with E-state index in [0.717, 1.165) is 36.3 Å². The molecule has 0 bridgehead atoms. The number of hydrogen-bond donors (Lipinski definition) is 2. The summed E-state index contributed by atoms with van der Waals surface area (Å²) < 4.78 is 2.04. The molecule has 4 rings (SSSR count). The molecule has 1 fully saturated rings. The summed E-state index contributed by atoms with van der Waals surface area (Å²) in [6, 6.07) is 9.22. The lowest BCUT2D eigenvalue weighted by Crippen LogP contribution is -2.32. The Hall–Kier alpha value is -3.22. The van der Waals surface area contributed by atoms with Gasteiger partial charge in [0.1, 0.15) is 0 Å². The molecule has 0 atom stereocenters. The molecule has 1 amide bonds. The van der Waals surface area contributed by atoms with Gasteiger partial charge in [0.2, 0.25) is 0 Å². The quantitative estimate of drug-likeness (QED) is 0.690. The number of aromatic nitrogens is 4. The minimum atomic E-state index is -0.253. The van der Waals surface area contributed by atoms with Crippen LogP contribution in [-0.2, 0) is 6.54 Å². The van der Waals surface area contributed by atoms with Gasteiger partial charge in [0, 0.05) is 29.8 Å². The summed E-state index contributed by atoms with van der Waals surface area (Å²) in [5.74, 6) is -0.0918. The first-order chi connectivity index (χ1) is 13.4. The van der Waals surface area contributed by atoms with E-state index in [1.54, 1.807) is 18.3 Å². The van der Waals surface area contributed by atoms with Crippen molar-refractivity contribution in [2.45, 2.75) is 33.2 Å². The van der Waals surface area contributed by atoms with Crippen molar-refractivity contribution in [2.75, 3.05) is 6.54 Å². The highest BCUT2D eigenvalue weighted by Crippen LogP contribution is 2.46. The first kappa shape index (κ1) is 18.2. The van der Waals surface area contributed by atoms with Gasteiger partial charge in [0.25, 0.3) is 11.5 Å². The van der Waals surface area contributed by atoms with Crippen molar-refractivity contribution < 1.29 is 4.79 Å². The number of aryl methyl sites for hydroxylation is 2. The molecule has 7 nitrogen and oxygen atoms in total. The molecule has 2 heterocycles. The average molecular weight is 377 g/mol. The summed E-state index contributed by atoms with van der Waals surface area (Å²) in [6.07, 6.45) is 5.01. The third kappa shape index (κ3) is 3.88. The van der Waals surface area contributed by atoms with Gasteiger partial charge < -0.3 is 10.3 Å². The van der Waals surface area contributed by atoms with E-state index in [4.69, 9.17) is 0 Å². The van der Waals surface area contributed by atoms with Crippen molar-refractivity contribution in [1.29, 1.82) is 0 Å². The van der Waals surface area contributed by atoms with E-state index in [9.17, 15) is 9.59 Å². The normalized spacial score (nSPS) is 14.6. The predicted molar refractivity (Wildman–Crippen MR) is 106 cm³/mol. The zero-order valence-corrected chi connectivity index (χ0v) is 16.0. The summed E-state index contributed by atoms with van der Waals surface area (Å²) in [4.78, 5) is 30.6. The molecule has 144 valence electrons. The van der Waals surface area contributed by atoms with Gasteiger partial charge in [0.15, 0.2) is 0 Å². The van der Waals surface area contributed by atoms with Gasteiger partial charge in [-0.2, -0.15) is 5.10 Å². The highest BCUT2D eigenvalue weighted by molar-refractivity contribution is 5.94. The second-order valence-corrected chi connectivity index (χ2v) is 7.65. The van der Waals surface area contributed by atoms with Crippen molar-refractivity contribution >= 4 is 5.91 Å². The first-order valence-corrected chi connectivity index (χ1v) is 9.38. The average Bonchev–Trinajstić information content (AvgIpc) is 3.38. The summed E-state index contributed by atoms with van der Waals surface area (Å²) >= 11 is 0. The molecule has 1 aliphatic carbocycles. The van der Waals surface area contributed by atoms with Crippen LogP contribution in [0.4, 0.5) is 0 Å². The number of nitrogens with one attached hydrogen (secondary N) is 2. The molecule has 0 unspecified atom stereocenters. The molecule has 0 saturated heterocycles. The van der Waals surface area contributed by atoms with Gasteiger partial charge in [-0.15, -0.1) is 0 Å². The zero-order valence-electron chi connectivity index (χ0n) is 16.0. The van der Waals surface area contributed by atoms with Crippen LogP contribution in [0.3, 0.4) is 0 Å². The van der Waals surface area contributed by atoms with Gasteiger partial charge in [0.05, 0.1) is 23.8 Å². The predicted octanol–water partition coefficient (Wildman–Crippen LogP) is 2.46. The Morgan fingerprint density at radius 1 is 1.21 bits per heavy atom. The van der Waals surface area contributed by atoms with Gasteiger partial charge in [-0.05, 0) is 50.5 Å². The summed E-state index contributed by atoms with van der Waals surface area (Å²) in [7, 11) is 0. The smallest absolute Gasteiger partial charge is 0.266 e. The van der Waals surface area contributed by atoms with Crippen LogP contribution in [0.25, 0.3) is 11.3 Å². The van der Waals surface area contributed by atoms with Gasteiger partial charge >= 0.3 is 0 Å². The Morgan fingerprint density at radius 3 is 2.57 bits per heavy atom. The van der Waals surface area contributed by atoms with Crippen LogP contribution < -0.4 is 10.9 Å². The Bertz CT molecular complexity index is 1060. The molecular formula is C21H23N5O2. The molecule has 1 aromatic carbocycles. The monoisotopic (exact) mass is 377 g/mol. The Labute approximate surface area is 162 Å². The van der Waals surface area contributed by atoms with Crippen LogP contribution in [0, 0.1) is 19.3 Å². The summed E-state index contributed by atoms with van der Waals surface area (Å²) in [5.41, 5.74) is 4.06. The second-order valence-electron chi connectivity index (χ2n) is 7.65. The van der Waals surface area contributed by atoms with Gasteiger partial charge in [-0.1, -0.05) is 12.1 Å². The number of benzene rings is 1. The number of carbonyl (C=O) groups excluding carboxylic acids is 1. The molecule has 28 heavy (non-hydrogen) atoms. The molecule has 1 aliphatic rings. The number of rotatable bonds is 6. The minimum absolute atomic E-state index is 0.0918. The number of hydrogen-bond acceptors (Lipinski definition) is 4. The van der Waals surface area contributed by atoms with E-state index in [2.05, 4.69) is 33.4 Å². The van der Waals surface area contributed by atoms with Crippen LogP contribution in [0.15, 0.2) is 47.5 Å². The second kappa shape index (κ2) is 7.07. The maximum atomic E-state index is 12.5. The molecule has 7 heteroatoms. The number of carbonyl (C=O) groups is 1. The topological polar surface area (TPSA) is 92.7 Å². The van der Waals surface area contributed by atoms with E-state index >= 15 is 0 Å². The molecule has 3 aromatic rings. The summed E-state index contributed by atoms with van der Waals surface area (Å²) in [5, 5.41) is 7.61. The third-order valence-corrected chi connectivity index (χ3v) is 5.28. The van der Waals surface area contributed by atoms with Gasteiger partial charge in [-0.3, -0.25) is 19.3 Å². The van der Waals surface area contributed by atoms with E-state index in [1.165, 1.54) is 6.20 Å². The largest absolute Gasteiger partial charge is 0.351 e. The summed E-state index contributed by atoms with van der Waals surface area (Å²) in [6.45, 7) is 5.53. The van der Waals surface area contributed by atoms with Crippen molar-refractivity contribution in [3.05, 3.63) is 70.0 Å². The van der Waals surface area contributed by atoms with E-state index in [0.29, 0.717) is 17.8 Å². The SMILES string of the molecule is Cc1cc(C)n(CC2(CNC(=O)c3ccc(-c4cncc(=O)[nH]4)cc3)CC2)n1. The number of H-pyrrole nitrogens is 1. The lowest BCUT2D eigenvalue weighted by molar-refractivity contribution is 0.0942. The van der Waals surface area contributed by atoms with Crippen molar-refractivity contribution in [3.8, 4) is 11.3 Å². The maximum Gasteiger partial charge on any atom is 0.266 e. The van der Waals surface area contributed by atoms with Crippen LogP contribution >= 0.6 is 0 Å². The van der Waals surface area contributed by atoms with Crippen LogP contribution in [-0.4, -0.2) is 32.2 Å². The molecule has 0 radical (unpaired) electrons. The fraction of sp³-hybridized carbons (Fsp3) is 0.333. The molecule has 2 N–H and O–H groups in total. The lowest BCUT2D eigenvalue weighted by Gasteiger charge is -2.17. The lowest BCUT2D eigenvalue weighted by atomic mass is 10.1. The number of nitrogens with zero attached hydrogens (tertiary/aromatic N) is 3. The van der Waals surface area contributed by atoms with Gasteiger partial charge in [-0.25, -0.2) is 0 Å². The Balaban J connectivity index is 1.39. The van der Waals surface area contributed by atoms with Crippen molar-refractivity contribution in [3.63, 3.8) is 0 Å². The molecule has 0 aliphatic heterocycles. The zero-order chi connectivity index (χ0) is 19.7. The van der Waals surface area contributed by atoms with E-state index in [1.807, 2.05) is 23.7 Å². The van der Waals surface area contributed by atoms with Crippen molar-refractivity contribution in [1.82, 2.24) is 25.1 Å². The Kier molecular flexibility index (Phi) is 4.58. The first-order valence-electron chi connectivity index (χ1n) is 9.38. The minimum Gasteiger partial charge on any atom is -0.351 e. The van der Waals surface area contributed by atoms with Crippen molar-refractivity contribution in [2.24, 2.45) is 5.41 Å². The highest BCUT2D eigenvalue weighted by atomic mass is 16.1. The number of aromatic amines is 1. The standard InChI is InChI=1S/C21H23N5O2/c1-14-9-15(2)26(25-14)13-21(7-8-21)12-23-20(28)17-5-3-16(4-6-17)18-10-22-11-19(27)24-18/h3-6,9-11H,7-8,12-13H2,1-2H3,(H,23,28)(H,24,27). The van der Waals surface area contributed by atoms with Crippen LogP contribution in [0.2, 0.25) is 0 Å². The maximum absolute atomic E-state index is 12.5. The van der Waals surface area contributed by atoms with Crippen LogP contribution in [0.1, 0.15) is 34.6 Å².